The molecule has 2 heterocycles. The second-order valence-electron chi connectivity index (χ2n) is 6.70. The first-order valence-corrected chi connectivity index (χ1v) is 8.88. The summed E-state index contributed by atoms with van der Waals surface area (Å²) in [5, 5.41) is 7.26. The maximum atomic E-state index is 12.9. The lowest BCUT2D eigenvalue weighted by molar-refractivity contribution is -0.142. The van der Waals surface area contributed by atoms with Gasteiger partial charge in [0.05, 0.1) is 6.61 Å². The molecule has 0 spiro atoms. The normalized spacial score (nSPS) is 20.0. The van der Waals surface area contributed by atoms with Gasteiger partial charge in [0.1, 0.15) is 5.54 Å². The monoisotopic (exact) mass is 346 g/mol. The molecule has 1 aromatic heterocycles. The summed E-state index contributed by atoms with van der Waals surface area (Å²) in [7, 11) is 1.61. The van der Waals surface area contributed by atoms with Crippen molar-refractivity contribution >= 4 is 11.8 Å². The quantitative estimate of drug-likeness (QED) is 0.614. The van der Waals surface area contributed by atoms with E-state index in [0.29, 0.717) is 39.1 Å². The Hall–Kier alpha value is -2.15. The van der Waals surface area contributed by atoms with Gasteiger partial charge in [-0.1, -0.05) is 12.2 Å². The molecule has 1 saturated heterocycles. The van der Waals surface area contributed by atoms with Crippen LogP contribution in [0.1, 0.15) is 25.7 Å². The summed E-state index contributed by atoms with van der Waals surface area (Å²) >= 11 is 0. The molecule has 1 aliphatic carbocycles. The first-order chi connectivity index (χ1) is 12.2. The number of carbonyl (C=O) groups is 2. The Balaban J connectivity index is 1.68. The van der Waals surface area contributed by atoms with Crippen molar-refractivity contribution in [2.75, 3.05) is 33.4 Å². The van der Waals surface area contributed by atoms with E-state index >= 15 is 0 Å². The standard InChI is InChI=1S/C18H26N4O3/c1-25-14-10-19-17(24)18(22-11-4-9-20-22)7-12-21(13-8-18)16(23)15-5-2-3-6-15/h2-4,9,11,15H,5-8,10,12-14H2,1H3,(H,19,24). The third-order valence-electron chi connectivity index (χ3n) is 5.22. The van der Waals surface area contributed by atoms with Gasteiger partial charge >= 0.3 is 0 Å². The van der Waals surface area contributed by atoms with Crippen LogP contribution < -0.4 is 5.32 Å². The molecule has 0 saturated carbocycles. The number of nitrogens with one attached hydrogen (secondary N) is 1. The summed E-state index contributed by atoms with van der Waals surface area (Å²) < 4.78 is 6.76. The number of carbonyl (C=O) groups excluding carboxylic acids is 2. The molecule has 1 aromatic rings. The molecule has 0 bridgehead atoms. The Morgan fingerprint density at radius 1 is 1.28 bits per heavy atom. The average molecular weight is 346 g/mol. The Morgan fingerprint density at radius 2 is 2.00 bits per heavy atom. The number of hydrogen-bond donors (Lipinski definition) is 1. The number of likely N-dealkylation sites (tertiary alicyclic amines) is 1. The molecule has 1 fully saturated rings. The van der Waals surface area contributed by atoms with E-state index < -0.39 is 5.54 Å². The minimum Gasteiger partial charge on any atom is -0.383 e. The third kappa shape index (κ3) is 3.61. The topological polar surface area (TPSA) is 76.5 Å². The van der Waals surface area contributed by atoms with Crippen LogP contribution in [0.25, 0.3) is 0 Å². The van der Waals surface area contributed by atoms with Crippen molar-refractivity contribution in [3.05, 3.63) is 30.6 Å². The number of rotatable bonds is 6. The smallest absolute Gasteiger partial charge is 0.248 e. The zero-order chi connectivity index (χ0) is 17.7. The van der Waals surface area contributed by atoms with Crippen LogP contribution in [0.15, 0.2) is 30.6 Å². The van der Waals surface area contributed by atoms with Gasteiger partial charge in [-0.3, -0.25) is 14.3 Å². The Bertz CT molecular complexity index is 610. The van der Waals surface area contributed by atoms with Crippen LogP contribution in [-0.2, 0) is 19.9 Å². The molecule has 2 amide bonds. The van der Waals surface area contributed by atoms with Gasteiger partial charge in [0.2, 0.25) is 11.8 Å². The highest BCUT2D eigenvalue weighted by molar-refractivity contribution is 5.85. The predicted molar refractivity (Wildman–Crippen MR) is 92.8 cm³/mol. The van der Waals surface area contributed by atoms with E-state index in [0.717, 1.165) is 12.8 Å². The first kappa shape index (κ1) is 17.7. The fourth-order valence-corrected chi connectivity index (χ4v) is 3.69. The number of methoxy groups -OCH3 is 1. The molecule has 1 N–H and O–H groups in total. The number of amides is 2. The highest BCUT2D eigenvalue weighted by Gasteiger charge is 2.44. The van der Waals surface area contributed by atoms with Crippen molar-refractivity contribution in [2.24, 2.45) is 5.92 Å². The molecule has 25 heavy (non-hydrogen) atoms. The van der Waals surface area contributed by atoms with Crippen LogP contribution in [0, 0.1) is 5.92 Å². The van der Waals surface area contributed by atoms with E-state index in [-0.39, 0.29) is 17.7 Å². The highest BCUT2D eigenvalue weighted by atomic mass is 16.5. The van der Waals surface area contributed by atoms with Crippen molar-refractivity contribution in [2.45, 2.75) is 31.2 Å². The average Bonchev–Trinajstić information content (AvgIpc) is 3.35. The summed E-state index contributed by atoms with van der Waals surface area (Å²) in [6.07, 6.45) is 10.5. The van der Waals surface area contributed by atoms with Gasteiger partial charge in [-0.25, -0.2) is 0 Å². The highest BCUT2D eigenvalue weighted by Crippen LogP contribution is 2.32. The number of hydrogen-bond acceptors (Lipinski definition) is 4. The lowest BCUT2D eigenvalue weighted by Gasteiger charge is -2.41. The lowest BCUT2D eigenvalue weighted by atomic mass is 9.85. The lowest BCUT2D eigenvalue weighted by Crippen LogP contribution is -2.57. The summed E-state index contributed by atoms with van der Waals surface area (Å²) in [6.45, 7) is 2.09. The minimum atomic E-state index is -0.734. The largest absolute Gasteiger partial charge is 0.383 e. The molecule has 0 unspecified atom stereocenters. The zero-order valence-electron chi connectivity index (χ0n) is 14.7. The second kappa shape index (κ2) is 7.82. The van der Waals surface area contributed by atoms with Crippen LogP contribution in [-0.4, -0.2) is 59.8 Å². The number of ether oxygens (including phenoxy) is 1. The Labute approximate surface area is 148 Å². The maximum Gasteiger partial charge on any atom is 0.248 e. The van der Waals surface area contributed by atoms with Crippen molar-refractivity contribution in [1.82, 2.24) is 20.0 Å². The molecule has 3 rings (SSSR count). The molecular formula is C18H26N4O3. The van der Waals surface area contributed by atoms with Gasteiger partial charge in [-0.05, 0) is 31.7 Å². The molecule has 0 radical (unpaired) electrons. The second-order valence-corrected chi connectivity index (χ2v) is 6.70. The van der Waals surface area contributed by atoms with Gasteiger partial charge < -0.3 is 15.0 Å². The van der Waals surface area contributed by atoms with E-state index in [4.69, 9.17) is 4.74 Å². The maximum absolute atomic E-state index is 12.9. The summed E-state index contributed by atoms with van der Waals surface area (Å²) in [4.78, 5) is 27.4. The third-order valence-corrected chi connectivity index (χ3v) is 5.22. The predicted octanol–water partition coefficient (Wildman–Crippen LogP) is 0.930. The van der Waals surface area contributed by atoms with Crippen molar-refractivity contribution in [3.63, 3.8) is 0 Å². The molecule has 2 aliphatic rings. The molecule has 7 heteroatoms. The fourth-order valence-electron chi connectivity index (χ4n) is 3.69. The van der Waals surface area contributed by atoms with E-state index in [2.05, 4.69) is 22.6 Å². The van der Waals surface area contributed by atoms with E-state index in [1.54, 1.807) is 18.0 Å². The number of aromatic nitrogens is 2. The van der Waals surface area contributed by atoms with E-state index in [9.17, 15) is 9.59 Å². The van der Waals surface area contributed by atoms with Gasteiger partial charge in [-0.15, -0.1) is 0 Å². The molecule has 7 nitrogen and oxygen atoms in total. The van der Waals surface area contributed by atoms with Crippen LogP contribution in [0.3, 0.4) is 0 Å². The van der Waals surface area contributed by atoms with Gasteiger partial charge in [0, 0.05) is 45.1 Å². The number of nitrogens with zero attached hydrogens (tertiary/aromatic N) is 3. The number of piperidine rings is 1. The van der Waals surface area contributed by atoms with E-state index in [1.165, 1.54) is 0 Å². The van der Waals surface area contributed by atoms with Gasteiger partial charge in [0.15, 0.2) is 0 Å². The van der Waals surface area contributed by atoms with Crippen molar-refractivity contribution < 1.29 is 14.3 Å². The molecule has 1 aliphatic heterocycles. The summed E-state index contributed by atoms with van der Waals surface area (Å²) in [5.41, 5.74) is -0.734. The minimum absolute atomic E-state index is 0.0529. The van der Waals surface area contributed by atoms with Gasteiger partial charge in [-0.2, -0.15) is 5.10 Å². The van der Waals surface area contributed by atoms with Crippen molar-refractivity contribution in [1.29, 1.82) is 0 Å². The molecule has 0 atom stereocenters. The van der Waals surface area contributed by atoms with Crippen LogP contribution in [0.5, 0.6) is 0 Å². The van der Waals surface area contributed by atoms with Crippen LogP contribution in [0.4, 0.5) is 0 Å². The van der Waals surface area contributed by atoms with Gasteiger partial charge in [0.25, 0.3) is 0 Å². The molecule has 0 aromatic carbocycles. The first-order valence-electron chi connectivity index (χ1n) is 8.88. The SMILES string of the molecule is COCCNC(=O)C1(n2cccn2)CCN(C(=O)C2CC=CC2)CC1. The van der Waals surface area contributed by atoms with Crippen LogP contribution >= 0.6 is 0 Å². The summed E-state index contributed by atoms with van der Waals surface area (Å²) in [6, 6.07) is 1.83. The van der Waals surface area contributed by atoms with Crippen molar-refractivity contribution in [3.8, 4) is 0 Å². The number of allylic oxidation sites excluding steroid dienone is 2. The summed E-state index contributed by atoms with van der Waals surface area (Å²) in [5.74, 6) is 0.231. The zero-order valence-corrected chi connectivity index (χ0v) is 14.7. The molecular weight excluding hydrogens is 320 g/mol. The van der Waals surface area contributed by atoms with E-state index in [1.807, 2.05) is 17.2 Å². The fraction of sp³-hybridized carbons (Fsp3) is 0.611. The Kier molecular flexibility index (Phi) is 5.53. The Morgan fingerprint density at radius 3 is 2.60 bits per heavy atom. The van der Waals surface area contributed by atoms with Crippen LogP contribution in [0.2, 0.25) is 0 Å². The molecule has 136 valence electrons.